The van der Waals surface area contributed by atoms with Gasteiger partial charge in [-0.05, 0) is 0 Å². The SMILES string of the molecule is C=CC(CCCCC)[S](=O)(=O)[Au]. The summed E-state index contributed by atoms with van der Waals surface area (Å²) in [5.41, 5.74) is 0. The van der Waals surface area contributed by atoms with E-state index in [4.69, 9.17) is 0 Å². The van der Waals surface area contributed by atoms with Gasteiger partial charge in [0.2, 0.25) is 0 Å². The van der Waals surface area contributed by atoms with Crippen LogP contribution < -0.4 is 0 Å². The van der Waals surface area contributed by atoms with E-state index in [0.29, 0.717) is 6.42 Å². The zero-order chi connectivity index (χ0) is 9.61. The summed E-state index contributed by atoms with van der Waals surface area (Å²) in [5.74, 6) is 0. The van der Waals surface area contributed by atoms with E-state index in [1.807, 2.05) is 0 Å². The summed E-state index contributed by atoms with van der Waals surface area (Å²) < 4.78 is 22.1. The van der Waals surface area contributed by atoms with Crippen LogP contribution in [0.25, 0.3) is 0 Å². The Balaban J connectivity index is 3.94. The minimum absolute atomic E-state index is 0.368. The molecule has 76 valence electrons. The molecule has 12 heavy (non-hydrogen) atoms. The second-order valence-electron chi connectivity index (χ2n) is 2.70. The third-order valence-corrected chi connectivity index (χ3v) is 4.77. The molecule has 0 aliphatic carbocycles. The Kier molecular flexibility index (Phi) is 6.19. The van der Waals surface area contributed by atoms with Crippen molar-refractivity contribution < 1.29 is 28.2 Å². The Morgan fingerprint density at radius 3 is 2.42 bits per heavy atom. The van der Waals surface area contributed by atoms with Gasteiger partial charge in [0.15, 0.2) is 0 Å². The van der Waals surface area contributed by atoms with E-state index in [2.05, 4.69) is 13.5 Å². The number of hydrogen-bond donors (Lipinski definition) is 0. The van der Waals surface area contributed by atoms with Crippen LogP contribution in [0.3, 0.4) is 0 Å². The fourth-order valence-corrected chi connectivity index (χ4v) is 2.99. The molecule has 0 saturated carbocycles. The first-order chi connectivity index (χ1) is 5.52. The van der Waals surface area contributed by atoms with Crippen molar-refractivity contribution in [1.29, 1.82) is 0 Å². The van der Waals surface area contributed by atoms with Crippen molar-refractivity contribution in [3.63, 3.8) is 0 Å². The predicted octanol–water partition coefficient (Wildman–Crippen LogP) is 2.00. The topological polar surface area (TPSA) is 34.1 Å². The summed E-state index contributed by atoms with van der Waals surface area (Å²) in [6.07, 6.45) is 5.39. The molecule has 0 fully saturated rings. The van der Waals surface area contributed by atoms with Crippen molar-refractivity contribution in [3.8, 4) is 0 Å². The van der Waals surface area contributed by atoms with Crippen LogP contribution in [0.15, 0.2) is 12.7 Å². The van der Waals surface area contributed by atoms with Crippen molar-refractivity contribution in [2.75, 3.05) is 0 Å². The molecule has 0 saturated heterocycles. The molecular formula is C8H15AuO2S. The number of rotatable bonds is 6. The van der Waals surface area contributed by atoms with Crippen LogP contribution in [0.1, 0.15) is 32.6 Å². The van der Waals surface area contributed by atoms with E-state index in [1.54, 1.807) is 19.7 Å². The van der Waals surface area contributed by atoms with Crippen LogP contribution in [-0.2, 0) is 27.0 Å². The van der Waals surface area contributed by atoms with Gasteiger partial charge in [0.1, 0.15) is 0 Å². The van der Waals surface area contributed by atoms with Crippen molar-refractivity contribution in [2.45, 2.75) is 37.9 Å². The first kappa shape index (κ1) is 12.4. The third kappa shape index (κ3) is 5.14. The predicted molar refractivity (Wildman–Crippen MR) is 47.0 cm³/mol. The van der Waals surface area contributed by atoms with Gasteiger partial charge in [0.25, 0.3) is 0 Å². The molecular weight excluding hydrogens is 357 g/mol. The summed E-state index contributed by atoms with van der Waals surface area (Å²) in [4.78, 5) is 0. The van der Waals surface area contributed by atoms with E-state index in [1.165, 1.54) is 6.08 Å². The molecule has 2 nitrogen and oxygen atoms in total. The molecule has 0 amide bonds. The average molecular weight is 372 g/mol. The molecule has 0 aromatic carbocycles. The molecule has 0 spiro atoms. The fourth-order valence-electron chi connectivity index (χ4n) is 0.953. The first-order valence-electron chi connectivity index (χ1n) is 4.05. The molecule has 4 heteroatoms. The number of unbranched alkanes of at least 4 members (excludes halogenated alkanes) is 2. The van der Waals surface area contributed by atoms with Gasteiger partial charge >= 0.3 is 86.0 Å². The van der Waals surface area contributed by atoms with Gasteiger partial charge in [-0.15, -0.1) is 0 Å². The van der Waals surface area contributed by atoms with Gasteiger partial charge in [-0.1, -0.05) is 0 Å². The van der Waals surface area contributed by atoms with Crippen LogP contribution in [0.5, 0.6) is 0 Å². The van der Waals surface area contributed by atoms with Gasteiger partial charge in [0.05, 0.1) is 0 Å². The fraction of sp³-hybridized carbons (Fsp3) is 0.750. The standard InChI is InChI=1S/C8H15O2S.Au/c1-3-5-6-7-8(4-2)11(9)10;/h4,8H,2-3,5-7H2,1H3;. The zero-order valence-corrected chi connectivity index (χ0v) is 10.2. The van der Waals surface area contributed by atoms with Gasteiger partial charge in [-0.2, -0.15) is 0 Å². The molecule has 0 bridgehead atoms. The molecule has 0 aromatic heterocycles. The maximum absolute atomic E-state index is 11.1. The quantitative estimate of drug-likeness (QED) is 0.406. The Morgan fingerprint density at radius 2 is 2.08 bits per heavy atom. The second kappa shape index (κ2) is 5.97. The zero-order valence-electron chi connectivity index (χ0n) is 7.22. The van der Waals surface area contributed by atoms with E-state index < -0.39 is 7.30 Å². The summed E-state index contributed by atoms with van der Waals surface area (Å²) in [5, 5.41) is -0.368. The molecule has 0 aliphatic heterocycles. The van der Waals surface area contributed by atoms with E-state index in [0.717, 1.165) is 19.3 Å². The van der Waals surface area contributed by atoms with Gasteiger partial charge in [0, 0.05) is 0 Å². The number of hydrogen-bond acceptors (Lipinski definition) is 2. The third-order valence-electron chi connectivity index (χ3n) is 1.69. The summed E-state index contributed by atoms with van der Waals surface area (Å²) in [6.45, 7) is 5.62. The molecule has 0 heterocycles. The normalized spacial score (nSPS) is 14.2. The summed E-state index contributed by atoms with van der Waals surface area (Å²) >= 11 is 1.68. The van der Waals surface area contributed by atoms with Crippen molar-refractivity contribution in [3.05, 3.63) is 12.7 Å². The van der Waals surface area contributed by atoms with E-state index in [-0.39, 0.29) is 5.25 Å². The Bertz CT molecular complexity index is 221. The summed E-state index contributed by atoms with van der Waals surface area (Å²) in [6, 6.07) is 0. The first-order valence-corrected chi connectivity index (χ1v) is 8.09. The van der Waals surface area contributed by atoms with Gasteiger partial charge < -0.3 is 0 Å². The van der Waals surface area contributed by atoms with Crippen LogP contribution in [0, 0.1) is 0 Å². The minimum atomic E-state index is -2.97. The van der Waals surface area contributed by atoms with Crippen LogP contribution in [0.4, 0.5) is 0 Å². The van der Waals surface area contributed by atoms with E-state index >= 15 is 0 Å². The Labute approximate surface area is 85.9 Å². The Morgan fingerprint density at radius 1 is 1.50 bits per heavy atom. The molecule has 1 atom stereocenters. The average Bonchev–Trinajstić information content (AvgIpc) is 1.95. The van der Waals surface area contributed by atoms with Crippen molar-refractivity contribution >= 4 is 7.30 Å². The molecule has 1 unspecified atom stereocenters. The summed E-state index contributed by atoms with van der Waals surface area (Å²) in [7, 11) is -2.97. The molecule has 0 aliphatic rings. The second-order valence-corrected chi connectivity index (χ2v) is 7.87. The molecule has 0 radical (unpaired) electrons. The van der Waals surface area contributed by atoms with Crippen molar-refractivity contribution in [1.82, 2.24) is 0 Å². The van der Waals surface area contributed by atoms with Gasteiger partial charge in [-0.25, -0.2) is 0 Å². The Hall–Kier alpha value is 0.430. The van der Waals surface area contributed by atoms with Crippen molar-refractivity contribution in [2.24, 2.45) is 0 Å². The molecule has 0 rings (SSSR count). The molecule has 0 N–H and O–H groups in total. The van der Waals surface area contributed by atoms with Crippen LogP contribution >= 0.6 is 0 Å². The molecule has 0 aromatic rings. The maximum atomic E-state index is 11.1. The van der Waals surface area contributed by atoms with E-state index in [9.17, 15) is 8.42 Å². The van der Waals surface area contributed by atoms with Crippen LogP contribution in [0.2, 0.25) is 0 Å². The van der Waals surface area contributed by atoms with Gasteiger partial charge in [-0.3, -0.25) is 0 Å². The monoisotopic (exact) mass is 372 g/mol. The van der Waals surface area contributed by atoms with Crippen LogP contribution in [-0.4, -0.2) is 13.7 Å².